The number of hydrogen-bond acceptors (Lipinski definition) is 5. The predicted molar refractivity (Wildman–Crippen MR) is 159 cm³/mol. The number of anilines is 1. The number of likely N-dealkylation sites (tertiary alicyclic amines) is 1. The number of thiophene rings is 1. The minimum atomic E-state index is -2.62. The summed E-state index contributed by atoms with van der Waals surface area (Å²) >= 11 is 0.793. The van der Waals surface area contributed by atoms with E-state index in [0.29, 0.717) is 25.1 Å². The van der Waals surface area contributed by atoms with Gasteiger partial charge >= 0.3 is 0 Å². The second-order valence-electron chi connectivity index (χ2n) is 12.7. The van der Waals surface area contributed by atoms with Crippen molar-refractivity contribution in [2.45, 2.75) is 78.4 Å². The van der Waals surface area contributed by atoms with Crippen LogP contribution < -0.4 is 10.6 Å². The predicted octanol–water partition coefficient (Wildman–Crippen LogP) is 6.94. The summed E-state index contributed by atoms with van der Waals surface area (Å²) in [7, 11) is 0. The Morgan fingerprint density at radius 1 is 1.24 bits per heavy atom. The zero-order valence-electron chi connectivity index (χ0n) is 24.2. The van der Waals surface area contributed by atoms with Crippen molar-refractivity contribution in [2.24, 2.45) is 10.8 Å². The molecule has 1 aliphatic heterocycles. The fourth-order valence-corrected chi connectivity index (χ4v) is 6.78. The van der Waals surface area contributed by atoms with Crippen LogP contribution in [-0.4, -0.2) is 45.4 Å². The number of amides is 2. The maximum absolute atomic E-state index is 13.2. The summed E-state index contributed by atoms with van der Waals surface area (Å²) in [5.74, 6) is -0.0664. The topological polar surface area (TPSA) is 79.3 Å². The number of nitrogens with one attached hydrogen (secondary N) is 2. The van der Waals surface area contributed by atoms with E-state index < -0.39 is 12.3 Å². The van der Waals surface area contributed by atoms with Crippen molar-refractivity contribution in [1.82, 2.24) is 19.8 Å². The number of imidazole rings is 1. The van der Waals surface area contributed by atoms with Crippen LogP contribution >= 0.6 is 11.3 Å². The number of carbonyl (C=O) groups excluding carboxylic acids is 2. The third-order valence-corrected chi connectivity index (χ3v) is 9.90. The Kier molecular flexibility index (Phi) is 8.09. The molecule has 220 valence electrons. The second-order valence-corrected chi connectivity index (χ2v) is 13.8. The van der Waals surface area contributed by atoms with E-state index in [9.17, 15) is 18.4 Å². The summed E-state index contributed by atoms with van der Waals surface area (Å²) in [6, 6.07) is 9.31. The Balaban J connectivity index is 1.42. The Morgan fingerprint density at radius 2 is 2.00 bits per heavy atom. The average Bonchev–Trinajstić information content (AvgIpc) is 3.54. The largest absolute Gasteiger partial charge is 0.339 e. The number of hydrogen-bond donors (Lipinski definition) is 2. The van der Waals surface area contributed by atoms with Gasteiger partial charge in [0.1, 0.15) is 0 Å². The van der Waals surface area contributed by atoms with E-state index >= 15 is 0 Å². The van der Waals surface area contributed by atoms with E-state index in [0.717, 1.165) is 60.2 Å². The zero-order chi connectivity index (χ0) is 29.5. The van der Waals surface area contributed by atoms with Gasteiger partial charge in [0, 0.05) is 31.7 Å². The van der Waals surface area contributed by atoms with Gasteiger partial charge in [0.15, 0.2) is 0 Å². The van der Waals surface area contributed by atoms with Crippen LogP contribution in [0.4, 0.5) is 14.7 Å². The van der Waals surface area contributed by atoms with E-state index in [-0.39, 0.29) is 32.5 Å². The molecule has 7 nitrogen and oxygen atoms in total. The monoisotopic (exact) mass is 583 g/mol. The molecule has 3 aromatic rings. The first-order valence-corrected chi connectivity index (χ1v) is 15.1. The highest BCUT2D eigenvalue weighted by Crippen LogP contribution is 2.55. The number of fused-ring (bicyclic) bond motifs is 1. The molecule has 2 aromatic heterocycles. The molecule has 2 fully saturated rings. The number of halogens is 2. The molecule has 1 aliphatic carbocycles. The Bertz CT molecular complexity index is 1450. The second kappa shape index (κ2) is 11.3. The molecule has 0 radical (unpaired) electrons. The van der Waals surface area contributed by atoms with Crippen LogP contribution in [0, 0.1) is 10.8 Å². The molecule has 41 heavy (non-hydrogen) atoms. The van der Waals surface area contributed by atoms with Gasteiger partial charge in [0.25, 0.3) is 12.3 Å². The van der Waals surface area contributed by atoms with Crippen molar-refractivity contribution in [3.63, 3.8) is 0 Å². The van der Waals surface area contributed by atoms with Crippen LogP contribution in [0.15, 0.2) is 43.0 Å². The molecule has 1 spiro atoms. The number of nitrogens with zero attached hydrogens (tertiary/aromatic N) is 3. The van der Waals surface area contributed by atoms with Crippen LogP contribution in [0.25, 0.3) is 11.0 Å². The summed E-state index contributed by atoms with van der Waals surface area (Å²) < 4.78 is 28.4. The Labute approximate surface area is 244 Å². The Hall–Kier alpha value is -3.11. The molecular weight excluding hydrogens is 544 g/mol. The van der Waals surface area contributed by atoms with E-state index in [1.807, 2.05) is 11.0 Å². The summed E-state index contributed by atoms with van der Waals surface area (Å²) in [5.41, 5.74) is 2.94. The van der Waals surface area contributed by atoms with E-state index in [1.54, 1.807) is 0 Å². The van der Waals surface area contributed by atoms with Crippen LogP contribution in [0.3, 0.4) is 0 Å². The fourth-order valence-electron chi connectivity index (χ4n) is 6.03. The molecule has 2 amide bonds. The molecule has 2 N–H and O–H groups in total. The first-order chi connectivity index (χ1) is 19.4. The highest BCUT2D eigenvalue weighted by Gasteiger charge is 2.48. The van der Waals surface area contributed by atoms with Gasteiger partial charge in [0.05, 0.1) is 20.8 Å². The molecule has 2 aliphatic rings. The first-order valence-electron chi connectivity index (χ1n) is 14.2. The van der Waals surface area contributed by atoms with Gasteiger partial charge in [0.2, 0.25) is 11.9 Å². The van der Waals surface area contributed by atoms with Gasteiger partial charge in [-0.15, -0.1) is 11.3 Å². The van der Waals surface area contributed by atoms with Crippen molar-refractivity contribution in [2.75, 3.05) is 18.4 Å². The lowest BCUT2D eigenvalue weighted by Crippen LogP contribution is -2.52. The lowest BCUT2D eigenvalue weighted by molar-refractivity contribution is -0.132. The molecule has 1 saturated heterocycles. The molecule has 1 aromatic carbocycles. The average molecular weight is 584 g/mol. The quantitative estimate of drug-likeness (QED) is 0.282. The summed E-state index contributed by atoms with van der Waals surface area (Å²) in [6.07, 6.45) is 2.49. The molecule has 5 rings (SSSR count). The Morgan fingerprint density at radius 3 is 2.66 bits per heavy atom. The van der Waals surface area contributed by atoms with E-state index in [2.05, 4.69) is 61.6 Å². The molecule has 0 bridgehead atoms. The minimum Gasteiger partial charge on any atom is -0.339 e. The van der Waals surface area contributed by atoms with Crippen molar-refractivity contribution >= 4 is 40.1 Å². The zero-order valence-corrected chi connectivity index (χ0v) is 25.0. The van der Waals surface area contributed by atoms with Gasteiger partial charge < -0.3 is 14.8 Å². The van der Waals surface area contributed by atoms with Crippen molar-refractivity contribution in [1.29, 1.82) is 0 Å². The van der Waals surface area contributed by atoms with Crippen molar-refractivity contribution in [3.05, 3.63) is 58.3 Å². The molecular formula is C31H39F2N5O2S. The standard InChI is InChI=1S/C31H39F2N5O2S/c1-6-26(39)37-13-7-12-31(18-37)15-21(16-31)38-23-9-8-20(17-34-19(2)30(3,4)5)14-22(23)35-29(38)36-28(40)25-11-10-24(41-25)27(32)33/h6,8-11,14,19,21,27,34H,1,7,12-13,15-18H2,2-5H3,(H,35,36,40)/t19-,21?,31?/m0/s1. The number of benzene rings is 1. The summed E-state index contributed by atoms with van der Waals surface area (Å²) in [5, 5.41) is 6.51. The molecule has 10 heteroatoms. The van der Waals surface area contributed by atoms with Gasteiger partial charge in [-0.1, -0.05) is 33.4 Å². The van der Waals surface area contributed by atoms with E-state index in [4.69, 9.17) is 4.98 Å². The van der Waals surface area contributed by atoms with Crippen molar-refractivity contribution in [3.8, 4) is 0 Å². The molecule has 0 unspecified atom stereocenters. The van der Waals surface area contributed by atoms with E-state index in [1.165, 1.54) is 18.2 Å². The van der Waals surface area contributed by atoms with Crippen LogP contribution in [0.1, 0.15) is 86.0 Å². The van der Waals surface area contributed by atoms with Crippen LogP contribution in [0.2, 0.25) is 0 Å². The number of aromatic nitrogens is 2. The highest BCUT2D eigenvalue weighted by molar-refractivity contribution is 7.14. The molecule has 1 saturated carbocycles. The smallest absolute Gasteiger partial charge is 0.272 e. The number of piperidine rings is 1. The van der Waals surface area contributed by atoms with Gasteiger partial charge in [-0.2, -0.15) is 0 Å². The lowest BCUT2D eigenvalue weighted by atomic mass is 9.61. The third-order valence-electron chi connectivity index (χ3n) is 8.81. The molecule has 3 heterocycles. The lowest BCUT2D eigenvalue weighted by Gasteiger charge is -2.53. The summed E-state index contributed by atoms with van der Waals surface area (Å²) in [6.45, 7) is 14.6. The molecule has 1 atom stereocenters. The maximum atomic E-state index is 13.2. The van der Waals surface area contributed by atoms with Gasteiger partial charge in [-0.3, -0.25) is 14.9 Å². The van der Waals surface area contributed by atoms with Crippen LogP contribution in [-0.2, 0) is 11.3 Å². The number of carbonyl (C=O) groups is 2. The fraction of sp³-hybridized carbons (Fsp3) is 0.516. The van der Waals surface area contributed by atoms with Crippen LogP contribution in [0.5, 0.6) is 0 Å². The maximum Gasteiger partial charge on any atom is 0.272 e. The van der Waals surface area contributed by atoms with Gasteiger partial charge in [-0.05, 0) is 79.3 Å². The van der Waals surface area contributed by atoms with Crippen molar-refractivity contribution < 1.29 is 18.4 Å². The SMILES string of the molecule is C=CC(=O)N1CCCC2(CC(n3c(NC(=O)c4ccc(C(F)F)s4)nc4cc(CN[C@@H](C)C(C)(C)C)ccc43)C2)C1. The summed E-state index contributed by atoms with van der Waals surface area (Å²) in [4.78, 5) is 32.2. The highest BCUT2D eigenvalue weighted by atomic mass is 32.1. The third kappa shape index (κ3) is 6.09. The minimum absolute atomic E-state index is 0.0328. The number of alkyl halides is 2. The normalized spacial score (nSPS) is 21.7. The van der Waals surface area contributed by atoms with Gasteiger partial charge in [-0.25, -0.2) is 13.8 Å². The number of rotatable bonds is 8. The first kappa shape index (κ1) is 29.4.